The third kappa shape index (κ3) is 5.27. The number of hydrogen-bond acceptors (Lipinski definition) is 6. The van der Waals surface area contributed by atoms with Crippen LogP contribution >= 0.6 is 0 Å². The average Bonchev–Trinajstić information content (AvgIpc) is 3.28. The second kappa shape index (κ2) is 8.82. The molecule has 1 aromatic carbocycles. The van der Waals surface area contributed by atoms with Crippen molar-refractivity contribution in [2.24, 2.45) is 0 Å². The van der Waals surface area contributed by atoms with E-state index in [1.165, 1.54) is 30.7 Å². The molecular formula is C25H29F4N5O. The molecule has 188 valence electrons. The molecule has 2 aromatic heterocycles. The van der Waals surface area contributed by atoms with Crippen molar-refractivity contribution in [3.8, 4) is 11.1 Å². The maximum atomic E-state index is 14.6. The number of nitrogens with one attached hydrogen (secondary N) is 2. The van der Waals surface area contributed by atoms with Gasteiger partial charge >= 0.3 is 6.18 Å². The average molecular weight is 492 g/mol. The Hall–Kier alpha value is -3.14. The zero-order valence-electron chi connectivity index (χ0n) is 20.3. The molecule has 1 aliphatic heterocycles. The van der Waals surface area contributed by atoms with E-state index in [0.29, 0.717) is 5.56 Å². The van der Waals surface area contributed by atoms with Gasteiger partial charge in [-0.25, -0.2) is 9.37 Å². The van der Waals surface area contributed by atoms with E-state index < -0.39 is 17.6 Å². The van der Waals surface area contributed by atoms with E-state index in [2.05, 4.69) is 60.2 Å². The number of piperidine rings is 1. The number of halogens is 4. The highest BCUT2D eigenvalue weighted by Gasteiger charge is 2.43. The molecule has 0 aliphatic carbocycles. The summed E-state index contributed by atoms with van der Waals surface area (Å²) in [6.45, 7) is 8.55. The molecule has 1 saturated heterocycles. The third-order valence-electron chi connectivity index (χ3n) is 6.81. The van der Waals surface area contributed by atoms with E-state index in [0.717, 1.165) is 25.1 Å². The summed E-state index contributed by atoms with van der Waals surface area (Å²) in [5.41, 5.74) is -0.628. The lowest BCUT2D eigenvalue weighted by Gasteiger charge is -2.53. The van der Waals surface area contributed by atoms with Crippen LogP contribution < -0.4 is 10.6 Å². The number of likely N-dealkylation sites (tertiary alicyclic amines) is 1. The van der Waals surface area contributed by atoms with Gasteiger partial charge in [-0.2, -0.15) is 18.2 Å². The predicted molar refractivity (Wildman–Crippen MR) is 127 cm³/mol. The van der Waals surface area contributed by atoms with Gasteiger partial charge in [-0.3, -0.25) is 4.90 Å². The Balaban J connectivity index is 1.58. The highest BCUT2D eigenvalue weighted by molar-refractivity contribution is 5.71. The zero-order valence-corrected chi connectivity index (χ0v) is 20.3. The summed E-state index contributed by atoms with van der Waals surface area (Å²) in [5, 5.41) is 5.96. The first-order valence-corrected chi connectivity index (χ1v) is 11.3. The van der Waals surface area contributed by atoms with Crippen LogP contribution in [0.2, 0.25) is 0 Å². The fourth-order valence-electron chi connectivity index (χ4n) is 4.85. The zero-order chi connectivity index (χ0) is 25.6. The number of aromatic nitrogens is 2. The van der Waals surface area contributed by atoms with Gasteiger partial charge in [-0.1, -0.05) is 6.07 Å². The van der Waals surface area contributed by atoms with Gasteiger partial charge in [0, 0.05) is 28.4 Å². The summed E-state index contributed by atoms with van der Waals surface area (Å²) in [7, 11) is 2.08. The van der Waals surface area contributed by atoms with Gasteiger partial charge in [0.15, 0.2) is 11.6 Å². The fourth-order valence-corrected chi connectivity index (χ4v) is 4.85. The standard InChI is InChI=1S/C25H29F4N5O/c1-23(2)11-17(12-24(3,4)34(23)5)31-21-20(26)13-30-22(33-21)32-16-6-7-18(15-8-9-35-14-15)19(10-16)25(27,28)29/h6-10,13-14,17H,11-12H2,1-5H3,(H2,30,31,32,33). The summed E-state index contributed by atoms with van der Waals surface area (Å²) in [6.07, 6.45) is 0.522. The van der Waals surface area contributed by atoms with Crippen molar-refractivity contribution < 1.29 is 22.0 Å². The molecular weight excluding hydrogens is 462 g/mol. The lowest BCUT2D eigenvalue weighted by atomic mass is 9.77. The SMILES string of the molecule is CN1C(C)(C)CC(Nc2nc(Nc3ccc(-c4ccoc4)c(C(F)(F)F)c3)ncc2F)CC1(C)C. The molecule has 3 heterocycles. The molecule has 0 unspecified atom stereocenters. The quantitative estimate of drug-likeness (QED) is 0.387. The maximum Gasteiger partial charge on any atom is 0.417 e. The van der Waals surface area contributed by atoms with E-state index in [1.807, 2.05) is 0 Å². The first-order chi connectivity index (χ1) is 16.3. The van der Waals surface area contributed by atoms with E-state index in [-0.39, 0.29) is 40.1 Å². The molecule has 35 heavy (non-hydrogen) atoms. The van der Waals surface area contributed by atoms with Crippen molar-refractivity contribution in [2.45, 2.75) is 63.8 Å². The normalized spacial score (nSPS) is 18.4. The van der Waals surface area contributed by atoms with Gasteiger partial charge < -0.3 is 15.1 Å². The summed E-state index contributed by atoms with van der Waals surface area (Å²) < 4.78 is 60.7. The van der Waals surface area contributed by atoms with Crippen molar-refractivity contribution in [2.75, 3.05) is 17.7 Å². The Morgan fingerprint density at radius 1 is 1.09 bits per heavy atom. The molecule has 0 spiro atoms. The summed E-state index contributed by atoms with van der Waals surface area (Å²) >= 11 is 0. The number of rotatable bonds is 5. The number of alkyl halides is 3. The van der Waals surface area contributed by atoms with Gasteiger partial charge in [0.2, 0.25) is 5.95 Å². The van der Waals surface area contributed by atoms with Crippen LogP contribution in [0.3, 0.4) is 0 Å². The Labute approximate surface area is 201 Å². The van der Waals surface area contributed by atoms with Crippen LogP contribution in [0.5, 0.6) is 0 Å². The van der Waals surface area contributed by atoms with Crippen molar-refractivity contribution in [3.63, 3.8) is 0 Å². The fraction of sp³-hybridized carbons (Fsp3) is 0.440. The molecule has 2 N–H and O–H groups in total. The molecule has 10 heteroatoms. The Morgan fingerprint density at radius 2 is 1.77 bits per heavy atom. The largest absolute Gasteiger partial charge is 0.472 e. The number of anilines is 3. The highest BCUT2D eigenvalue weighted by atomic mass is 19.4. The van der Waals surface area contributed by atoms with E-state index in [1.54, 1.807) is 0 Å². The van der Waals surface area contributed by atoms with Gasteiger partial charge in [-0.05, 0) is 71.3 Å². The van der Waals surface area contributed by atoms with Gasteiger partial charge in [0.1, 0.15) is 0 Å². The molecule has 0 saturated carbocycles. The minimum absolute atomic E-state index is 0.00771. The van der Waals surface area contributed by atoms with Crippen molar-refractivity contribution in [3.05, 3.63) is 54.4 Å². The van der Waals surface area contributed by atoms with Crippen LogP contribution in [-0.4, -0.2) is 39.0 Å². The van der Waals surface area contributed by atoms with Gasteiger partial charge in [0.05, 0.1) is 24.3 Å². The topological polar surface area (TPSA) is 66.2 Å². The summed E-state index contributed by atoms with van der Waals surface area (Å²) in [4.78, 5) is 10.5. The summed E-state index contributed by atoms with van der Waals surface area (Å²) in [6, 6.07) is 5.23. The minimum atomic E-state index is -4.59. The molecule has 1 fully saturated rings. The first kappa shape index (κ1) is 25.0. The molecule has 4 rings (SSSR count). The van der Waals surface area contributed by atoms with Crippen LogP contribution in [0.1, 0.15) is 46.1 Å². The van der Waals surface area contributed by atoms with Crippen molar-refractivity contribution >= 4 is 17.5 Å². The smallest absolute Gasteiger partial charge is 0.417 e. The Morgan fingerprint density at radius 3 is 2.37 bits per heavy atom. The third-order valence-corrected chi connectivity index (χ3v) is 6.81. The van der Waals surface area contributed by atoms with E-state index >= 15 is 0 Å². The first-order valence-electron chi connectivity index (χ1n) is 11.3. The van der Waals surface area contributed by atoms with Crippen LogP contribution in [-0.2, 0) is 6.18 Å². The van der Waals surface area contributed by atoms with Crippen LogP contribution in [0.4, 0.5) is 35.0 Å². The Kier molecular flexibility index (Phi) is 6.29. The van der Waals surface area contributed by atoms with E-state index in [4.69, 9.17) is 4.42 Å². The second-order valence-corrected chi connectivity index (χ2v) is 10.2. The van der Waals surface area contributed by atoms with Gasteiger partial charge in [0.25, 0.3) is 0 Å². The molecule has 6 nitrogen and oxygen atoms in total. The highest BCUT2D eigenvalue weighted by Crippen LogP contribution is 2.40. The van der Waals surface area contributed by atoms with Crippen molar-refractivity contribution in [1.82, 2.24) is 14.9 Å². The number of benzene rings is 1. The van der Waals surface area contributed by atoms with Crippen LogP contribution in [0.15, 0.2) is 47.4 Å². The van der Waals surface area contributed by atoms with Crippen LogP contribution in [0, 0.1) is 5.82 Å². The monoisotopic (exact) mass is 491 g/mol. The van der Waals surface area contributed by atoms with E-state index in [9.17, 15) is 17.6 Å². The molecule has 0 bridgehead atoms. The number of furan rings is 1. The van der Waals surface area contributed by atoms with Crippen LogP contribution in [0.25, 0.3) is 11.1 Å². The molecule has 3 aromatic rings. The molecule has 0 amide bonds. The minimum Gasteiger partial charge on any atom is -0.472 e. The van der Waals surface area contributed by atoms with Crippen molar-refractivity contribution in [1.29, 1.82) is 0 Å². The molecule has 1 aliphatic rings. The second-order valence-electron chi connectivity index (χ2n) is 10.2. The van der Waals surface area contributed by atoms with Gasteiger partial charge in [-0.15, -0.1) is 0 Å². The summed E-state index contributed by atoms with van der Waals surface area (Å²) in [5.74, 6) is -0.629. The Bertz CT molecular complexity index is 1170. The molecule has 0 atom stereocenters. The molecule has 0 radical (unpaired) electrons. The lowest BCUT2D eigenvalue weighted by molar-refractivity contribution is -0.137. The lowest BCUT2D eigenvalue weighted by Crippen LogP contribution is -2.61. The number of nitrogens with zero attached hydrogens (tertiary/aromatic N) is 3. The predicted octanol–water partition coefficient (Wildman–Crippen LogP) is 6.70. The maximum absolute atomic E-state index is 14.6. The number of hydrogen-bond donors (Lipinski definition) is 2.